The molecule has 1 fully saturated rings. The van der Waals surface area contributed by atoms with E-state index in [0.29, 0.717) is 24.1 Å². The highest BCUT2D eigenvalue weighted by molar-refractivity contribution is 6.11. The molecule has 0 amide bonds. The summed E-state index contributed by atoms with van der Waals surface area (Å²) in [6.45, 7) is -0.0201. The van der Waals surface area contributed by atoms with Gasteiger partial charge in [0, 0.05) is 6.42 Å². The van der Waals surface area contributed by atoms with Gasteiger partial charge in [-0.05, 0) is 34.9 Å². The van der Waals surface area contributed by atoms with Gasteiger partial charge in [0.05, 0.1) is 24.3 Å². The zero-order valence-corrected chi connectivity index (χ0v) is 12.4. The standard InChI is InChI=1S/C18H15NO4/c20-9-10-1-4-13-11(7-10)2-6-16-17(13)18(19-23-16)14-5-3-12(21)8-15(14)22/h1-2,4,6-7,14,20H,3,5,8-9H2/t14-/m1/s1. The Bertz CT molecular complexity index is 941. The number of aromatic nitrogens is 1. The molecule has 4 rings (SSSR count). The van der Waals surface area contributed by atoms with Gasteiger partial charge in [0.1, 0.15) is 17.3 Å². The molecule has 0 spiro atoms. The molecule has 1 aliphatic rings. The molecule has 1 heterocycles. The van der Waals surface area contributed by atoms with E-state index in [0.717, 1.165) is 21.7 Å². The topological polar surface area (TPSA) is 80.4 Å². The molecule has 1 aromatic heterocycles. The quantitative estimate of drug-likeness (QED) is 0.736. The number of hydrogen-bond donors (Lipinski definition) is 1. The zero-order chi connectivity index (χ0) is 16.0. The minimum absolute atomic E-state index is 0.00324. The number of aliphatic hydroxyl groups is 1. The first kappa shape index (κ1) is 14.1. The fourth-order valence-corrected chi connectivity index (χ4v) is 3.34. The van der Waals surface area contributed by atoms with Crippen LogP contribution in [0, 0.1) is 0 Å². The highest BCUT2D eigenvalue weighted by Gasteiger charge is 2.32. The molecule has 1 aliphatic carbocycles. The lowest BCUT2D eigenvalue weighted by Gasteiger charge is -2.17. The van der Waals surface area contributed by atoms with E-state index >= 15 is 0 Å². The van der Waals surface area contributed by atoms with E-state index in [2.05, 4.69) is 5.16 Å². The van der Waals surface area contributed by atoms with Crippen LogP contribution in [-0.4, -0.2) is 21.8 Å². The molecule has 0 aliphatic heterocycles. The number of rotatable bonds is 2. The van der Waals surface area contributed by atoms with Crippen LogP contribution in [0.4, 0.5) is 0 Å². The van der Waals surface area contributed by atoms with Crippen molar-refractivity contribution in [3.05, 3.63) is 41.6 Å². The van der Waals surface area contributed by atoms with Gasteiger partial charge in [-0.15, -0.1) is 0 Å². The summed E-state index contributed by atoms with van der Waals surface area (Å²) in [6.07, 6.45) is 0.882. The van der Waals surface area contributed by atoms with Gasteiger partial charge in [-0.25, -0.2) is 0 Å². The average molecular weight is 309 g/mol. The van der Waals surface area contributed by atoms with Crippen molar-refractivity contribution in [3.63, 3.8) is 0 Å². The van der Waals surface area contributed by atoms with Crippen LogP contribution in [0.5, 0.6) is 0 Å². The van der Waals surface area contributed by atoms with E-state index in [4.69, 9.17) is 4.52 Å². The van der Waals surface area contributed by atoms with Crippen LogP contribution in [0.3, 0.4) is 0 Å². The predicted octanol–water partition coefficient (Wildman–Crippen LogP) is 2.88. The van der Waals surface area contributed by atoms with E-state index in [-0.39, 0.29) is 30.5 Å². The van der Waals surface area contributed by atoms with Gasteiger partial charge in [0.15, 0.2) is 5.58 Å². The third-order valence-corrected chi connectivity index (χ3v) is 4.53. The minimum atomic E-state index is -0.378. The van der Waals surface area contributed by atoms with Gasteiger partial charge < -0.3 is 9.63 Å². The third kappa shape index (κ3) is 2.24. The second kappa shape index (κ2) is 5.28. The Balaban J connectivity index is 1.92. The number of carbonyl (C=O) groups is 2. The molecule has 3 aromatic rings. The molecule has 0 radical (unpaired) electrons. The first-order valence-electron chi connectivity index (χ1n) is 7.63. The lowest BCUT2D eigenvalue weighted by Crippen LogP contribution is -2.23. The van der Waals surface area contributed by atoms with E-state index in [9.17, 15) is 14.7 Å². The van der Waals surface area contributed by atoms with E-state index in [1.54, 1.807) is 0 Å². The molecule has 5 heteroatoms. The molecular weight excluding hydrogens is 294 g/mol. The first-order valence-corrected chi connectivity index (χ1v) is 7.63. The van der Waals surface area contributed by atoms with Crippen LogP contribution >= 0.6 is 0 Å². The number of carbonyl (C=O) groups excluding carboxylic acids is 2. The third-order valence-electron chi connectivity index (χ3n) is 4.53. The van der Waals surface area contributed by atoms with Crippen LogP contribution in [0.1, 0.15) is 36.4 Å². The molecule has 0 saturated heterocycles. The SMILES string of the molecule is O=C1CC[C@@H](c2noc3ccc4cc(CO)ccc4c23)C(=O)C1. The molecule has 1 atom stereocenters. The van der Waals surface area contributed by atoms with Crippen LogP contribution in [0.15, 0.2) is 34.9 Å². The van der Waals surface area contributed by atoms with Crippen LogP contribution < -0.4 is 0 Å². The van der Waals surface area contributed by atoms with Crippen LogP contribution in [0.2, 0.25) is 0 Å². The summed E-state index contributed by atoms with van der Waals surface area (Å²) in [5.41, 5.74) is 2.09. The van der Waals surface area contributed by atoms with E-state index in [1.807, 2.05) is 30.3 Å². The average Bonchev–Trinajstić information content (AvgIpc) is 2.98. The van der Waals surface area contributed by atoms with Crippen molar-refractivity contribution in [1.82, 2.24) is 5.16 Å². The number of benzene rings is 2. The minimum Gasteiger partial charge on any atom is -0.392 e. The Morgan fingerprint density at radius 1 is 1.22 bits per heavy atom. The Morgan fingerprint density at radius 3 is 2.87 bits per heavy atom. The molecule has 0 bridgehead atoms. The number of nitrogens with zero attached hydrogens (tertiary/aromatic N) is 1. The van der Waals surface area contributed by atoms with Crippen molar-refractivity contribution in [2.45, 2.75) is 31.8 Å². The number of aliphatic hydroxyl groups excluding tert-OH is 1. The normalized spacial score (nSPS) is 18.9. The number of hydrogen-bond acceptors (Lipinski definition) is 5. The summed E-state index contributed by atoms with van der Waals surface area (Å²) in [5.74, 6) is -0.464. The molecule has 0 unspecified atom stereocenters. The lowest BCUT2D eigenvalue weighted by molar-refractivity contribution is -0.130. The van der Waals surface area contributed by atoms with Crippen molar-refractivity contribution in [3.8, 4) is 0 Å². The molecule has 5 nitrogen and oxygen atoms in total. The van der Waals surface area contributed by atoms with Crippen LogP contribution in [-0.2, 0) is 16.2 Å². The second-order valence-electron chi connectivity index (χ2n) is 5.99. The van der Waals surface area contributed by atoms with Gasteiger partial charge in [0.25, 0.3) is 0 Å². The maximum Gasteiger partial charge on any atom is 0.167 e. The van der Waals surface area contributed by atoms with Gasteiger partial charge >= 0.3 is 0 Å². The number of ketones is 2. The zero-order valence-electron chi connectivity index (χ0n) is 12.4. The smallest absolute Gasteiger partial charge is 0.167 e. The summed E-state index contributed by atoms with van der Waals surface area (Å²) in [5, 5.41) is 16.2. The maximum absolute atomic E-state index is 12.2. The van der Waals surface area contributed by atoms with Gasteiger partial charge in [-0.1, -0.05) is 23.4 Å². The number of Topliss-reactive ketones (excluding diaryl/α,β-unsaturated/α-hetero) is 2. The lowest BCUT2D eigenvalue weighted by atomic mass is 9.83. The molecule has 116 valence electrons. The fraction of sp³-hybridized carbons (Fsp3) is 0.278. The fourth-order valence-electron chi connectivity index (χ4n) is 3.34. The van der Waals surface area contributed by atoms with Gasteiger partial charge in [0.2, 0.25) is 0 Å². The Hall–Kier alpha value is -2.53. The van der Waals surface area contributed by atoms with E-state index < -0.39 is 0 Å². The Morgan fingerprint density at radius 2 is 2.09 bits per heavy atom. The summed E-state index contributed by atoms with van der Waals surface area (Å²) in [7, 11) is 0. The Kier molecular flexibility index (Phi) is 3.23. The molecule has 2 aromatic carbocycles. The van der Waals surface area contributed by atoms with Crippen molar-refractivity contribution in [2.24, 2.45) is 0 Å². The maximum atomic E-state index is 12.2. The highest BCUT2D eigenvalue weighted by atomic mass is 16.5. The van der Waals surface area contributed by atoms with Crippen molar-refractivity contribution in [2.75, 3.05) is 0 Å². The number of fused-ring (bicyclic) bond motifs is 3. The summed E-state index contributed by atoms with van der Waals surface area (Å²) < 4.78 is 5.41. The Labute approximate surface area is 131 Å². The predicted molar refractivity (Wildman–Crippen MR) is 84.0 cm³/mol. The highest BCUT2D eigenvalue weighted by Crippen LogP contribution is 2.36. The second-order valence-corrected chi connectivity index (χ2v) is 5.99. The van der Waals surface area contributed by atoms with Crippen molar-refractivity contribution >= 4 is 33.3 Å². The first-order chi connectivity index (χ1) is 11.2. The molecule has 1 saturated carbocycles. The molecule has 23 heavy (non-hydrogen) atoms. The van der Waals surface area contributed by atoms with Gasteiger partial charge in [-0.2, -0.15) is 0 Å². The van der Waals surface area contributed by atoms with Crippen LogP contribution in [0.25, 0.3) is 21.7 Å². The molecular formula is C18H15NO4. The summed E-state index contributed by atoms with van der Waals surface area (Å²) in [6, 6.07) is 9.43. The largest absolute Gasteiger partial charge is 0.392 e. The van der Waals surface area contributed by atoms with Crippen molar-refractivity contribution in [1.29, 1.82) is 0 Å². The van der Waals surface area contributed by atoms with Gasteiger partial charge in [-0.3, -0.25) is 9.59 Å². The van der Waals surface area contributed by atoms with Crippen molar-refractivity contribution < 1.29 is 19.2 Å². The molecule has 1 N–H and O–H groups in total. The summed E-state index contributed by atoms with van der Waals surface area (Å²) >= 11 is 0. The monoisotopic (exact) mass is 309 g/mol. The van der Waals surface area contributed by atoms with E-state index in [1.165, 1.54) is 0 Å². The summed E-state index contributed by atoms with van der Waals surface area (Å²) in [4.78, 5) is 23.7.